The Labute approximate surface area is 81.5 Å². The molecule has 0 rings (SSSR count). The third-order valence-corrected chi connectivity index (χ3v) is 3.00. The molecule has 0 heterocycles. The predicted octanol–water partition coefficient (Wildman–Crippen LogP) is 1.70. The minimum atomic E-state index is 0.618. The first-order valence-corrected chi connectivity index (χ1v) is 6.48. The van der Waals surface area contributed by atoms with E-state index in [0.29, 0.717) is 21.6 Å². The SMILES string of the molecule is C=C(C)CC[Se]COCCOC. The van der Waals surface area contributed by atoms with Crippen molar-refractivity contribution >= 4 is 15.0 Å². The van der Waals surface area contributed by atoms with Crippen LogP contribution in [-0.4, -0.2) is 40.8 Å². The van der Waals surface area contributed by atoms with E-state index < -0.39 is 0 Å². The van der Waals surface area contributed by atoms with Crippen molar-refractivity contribution in [2.24, 2.45) is 0 Å². The van der Waals surface area contributed by atoms with Gasteiger partial charge in [0.25, 0.3) is 0 Å². The molecule has 0 bridgehead atoms. The van der Waals surface area contributed by atoms with Crippen molar-refractivity contribution in [2.75, 3.05) is 25.8 Å². The molecular weight excluding hydrogens is 219 g/mol. The summed E-state index contributed by atoms with van der Waals surface area (Å²) in [6, 6.07) is 0. The van der Waals surface area contributed by atoms with Crippen LogP contribution in [0.25, 0.3) is 0 Å². The summed E-state index contributed by atoms with van der Waals surface area (Å²) in [4.78, 5) is 0. The van der Waals surface area contributed by atoms with Crippen molar-refractivity contribution in [2.45, 2.75) is 18.7 Å². The molecule has 0 aliphatic carbocycles. The normalized spacial score (nSPS) is 10.2. The van der Waals surface area contributed by atoms with E-state index in [4.69, 9.17) is 9.47 Å². The van der Waals surface area contributed by atoms with Gasteiger partial charge in [0.05, 0.1) is 0 Å². The van der Waals surface area contributed by atoms with Crippen LogP contribution in [0.15, 0.2) is 12.2 Å². The molecule has 0 saturated heterocycles. The topological polar surface area (TPSA) is 18.5 Å². The van der Waals surface area contributed by atoms with Crippen molar-refractivity contribution in [3.63, 3.8) is 0 Å². The first kappa shape index (κ1) is 12.2. The maximum absolute atomic E-state index is 5.33. The van der Waals surface area contributed by atoms with Gasteiger partial charge in [0.15, 0.2) is 0 Å². The summed E-state index contributed by atoms with van der Waals surface area (Å²) in [7, 11) is 1.69. The maximum atomic E-state index is 5.33. The van der Waals surface area contributed by atoms with E-state index in [1.807, 2.05) is 0 Å². The second kappa shape index (κ2) is 9.27. The van der Waals surface area contributed by atoms with Crippen molar-refractivity contribution in [3.05, 3.63) is 12.2 Å². The molecule has 3 heteroatoms. The van der Waals surface area contributed by atoms with Crippen LogP contribution in [0, 0.1) is 0 Å². The standard InChI is InChI=1S/C9H18O2Se/c1-9(2)4-7-12-8-11-6-5-10-3/h1,4-8H2,2-3H3. The molecule has 0 saturated carbocycles. The molecule has 0 radical (unpaired) electrons. The zero-order chi connectivity index (χ0) is 9.23. The molecule has 0 aromatic heterocycles. The van der Waals surface area contributed by atoms with Crippen molar-refractivity contribution < 1.29 is 9.47 Å². The van der Waals surface area contributed by atoms with Crippen LogP contribution in [0.1, 0.15) is 13.3 Å². The van der Waals surface area contributed by atoms with Crippen LogP contribution in [0.3, 0.4) is 0 Å². The zero-order valence-electron chi connectivity index (χ0n) is 7.97. The summed E-state index contributed by atoms with van der Waals surface area (Å²) in [5.41, 5.74) is 2.18. The van der Waals surface area contributed by atoms with Crippen LogP contribution in [0.2, 0.25) is 5.32 Å². The summed E-state index contributed by atoms with van der Waals surface area (Å²) in [6.45, 7) is 7.36. The third-order valence-electron chi connectivity index (χ3n) is 1.27. The molecule has 0 atom stereocenters. The average Bonchev–Trinajstić information content (AvgIpc) is 2.02. The number of hydrogen-bond donors (Lipinski definition) is 0. The molecule has 0 aliphatic rings. The van der Waals surface area contributed by atoms with Crippen molar-refractivity contribution in [3.8, 4) is 0 Å². The van der Waals surface area contributed by atoms with Crippen LogP contribution >= 0.6 is 0 Å². The predicted molar refractivity (Wildman–Crippen MR) is 52.7 cm³/mol. The van der Waals surface area contributed by atoms with Gasteiger partial charge in [-0.2, -0.15) is 0 Å². The minimum absolute atomic E-state index is 0.618. The van der Waals surface area contributed by atoms with E-state index in [2.05, 4.69) is 13.5 Å². The summed E-state index contributed by atoms with van der Waals surface area (Å²) in [6.07, 6.45) is 1.15. The molecule has 0 unspecified atom stereocenters. The van der Waals surface area contributed by atoms with E-state index in [1.54, 1.807) is 7.11 Å². The summed E-state index contributed by atoms with van der Waals surface area (Å²) < 4.78 is 10.2. The van der Waals surface area contributed by atoms with Gasteiger partial charge in [0.2, 0.25) is 0 Å². The number of ether oxygens (including phenoxy) is 2. The van der Waals surface area contributed by atoms with Gasteiger partial charge in [0.1, 0.15) is 0 Å². The summed E-state index contributed by atoms with van der Waals surface area (Å²) >= 11 is 0.618. The van der Waals surface area contributed by atoms with Gasteiger partial charge in [0, 0.05) is 0 Å². The first-order valence-electron chi connectivity index (χ1n) is 4.06. The number of methoxy groups -OCH3 is 1. The second-order valence-corrected chi connectivity index (χ2v) is 4.84. The molecule has 0 N–H and O–H groups in total. The van der Waals surface area contributed by atoms with Gasteiger partial charge in [-0.25, -0.2) is 0 Å². The molecule has 0 aromatic rings. The van der Waals surface area contributed by atoms with Gasteiger partial charge in [-0.3, -0.25) is 0 Å². The molecule has 12 heavy (non-hydrogen) atoms. The summed E-state index contributed by atoms with van der Waals surface area (Å²) in [5, 5.41) is 1.25. The molecule has 0 aliphatic heterocycles. The Morgan fingerprint density at radius 3 is 2.75 bits per heavy atom. The van der Waals surface area contributed by atoms with Gasteiger partial charge in [-0.05, 0) is 0 Å². The van der Waals surface area contributed by atoms with Crippen molar-refractivity contribution in [1.82, 2.24) is 0 Å². The molecule has 0 fully saturated rings. The van der Waals surface area contributed by atoms with Crippen LogP contribution < -0.4 is 0 Å². The monoisotopic (exact) mass is 238 g/mol. The molecule has 2 nitrogen and oxygen atoms in total. The van der Waals surface area contributed by atoms with Crippen LogP contribution in [0.5, 0.6) is 0 Å². The second-order valence-electron chi connectivity index (χ2n) is 2.63. The van der Waals surface area contributed by atoms with Gasteiger partial charge < -0.3 is 0 Å². The van der Waals surface area contributed by atoms with E-state index >= 15 is 0 Å². The zero-order valence-corrected chi connectivity index (χ0v) is 9.68. The van der Waals surface area contributed by atoms with E-state index in [1.165, 1.54) is 10.9 Å². The first-order chi connectivity index (χ1) is 5.77. The third kappa shape index (κ3) is 10.2. The number of rotatable bonds is 8. The Hall–Kier alpha value is 0.179. The molecule has 72 valence electrons. The van der Waals surface area contributed by atoms with E-state index in [9.17, 15) is 0 Å². The van der Waals surface area contributed by atoms with Gasteiger partial charge in [-0.15, -0.1) is 0 Å². The molecule has 0 aromatic carbocycles. The Morgan fingerprint density at radius 2 is 2.17 bits per heavy atom. The summed E-state index contributed by atoms with van der Waals surface area (Å²) in [5.74, 6) is 0. The molecule has 0 spiro atoms. The van der Waals surface area contributed by atoms with Gasteiger partial charge in [-0.1, -0.05) is 0 Å². The Morgan fingerprint density at radius 1 is 1.42 bits per heavy atom. The van der Waals surface area contributed by atoms with Crippen LogP contribution in [0.4, 0.5) is 0 Å². The number of hydrogen-bond acceptors (Lipinski definition) is 2. The van der Waals surface area contributed by atoms with Gasteiger partial charge >= 0.3 is 81.1 Å². The number of allylic oxidation sites excluding steroid dienone is 1. The quantitative estimate of drug-likeness (QED) is 0.363. The fourth-order valence-electron chi connectivity index (χ4n) is 0.565. The fourth-order valence-corrected chi connectivity index (χ4v) is 2.34. The Kier molecular flexibility index (Phi) is 9.41. The van der Waals surface area contributed by atoms with E-state index in [-0.39, 0.29) is 0 Å². The van der Waals surface area contributed by atoms with Crippen LogP contribution in [-0.2, 0) is 9.47 Å². The molecular formula is C9H18O2Se. The van der Waals surface area contributed by atoms with Crippen molar-refractivity contribution in [1.29, 1.82) is 0 Å². The Balaban J connectivity index is 2.86. The average molecular weight is 237 g/mol. The Bertz CT molecular complexity index is 115. The van der Waals surface area contributed by atoms with E-state index in [0.717, 1.165) is 18.5 Å². The fraction of sp³-hybridized carbons (Fsp3) is 0.778. The molecule has 0 amide bonds.